The molecule has 3 aromatic heterocycles. The van der Waals surface area contributed by atoms with Gasteiger partial charge in [-0.1, -0.05) is 17.3 Å². The molecule has 0 bridgehead atoms. The highest BCUT2D eigenvalue weighted by Gasteiger charge is 2.30. The first kappa shape index (κ1) is 15.9. The van der Waals surface area contributed by atoms with Crippen LogP contribution in [0.2, 0.25) is 0 Å². The molecule has 4 heterocycles. The molecule has 1 aliphatic rings. The van der Waals surface area contributed by atoms with Crippen LogP contribution in [0.25, 0.3) is 11.6 Å². The van der Waals surface area contributed by atoms with Crippen molar-refractivity contribution >= 4 is 17.2 Å². The number of likely N-dealkylation sites (tertiary alicyclic amines) is 1. The minimum atomic E-state index is 0.0971. The Morgan fingerprint density at radius 1 is 1.48 bits per heavy atom. The molecule has 4 rings (SSSR count). The molecule has 0 spiro atoms. The zero-order chi connectivity index (χ0) is 17.4. The summed E-state index contributed by atoms with van der Waals surface area (Å²) in [6.45, 7) is 5.28. The van der Waals surface area contributed by atoms with E-state index in [1.807, 2.05) is 36.4 Å². The molecule has 1 saturated heterocycles. The van der Waals surface area contributed by atoms with Crippen molar-refractivity contribution in [2.75, 3.05) is 13.1 Å². The maximum absolute atomic E-state index is 12.6. The normalized spacial score (nSPS) is 17.4. The second kappa shape index (κ2) is 6.40. The molecule has 0 N–H and O–H groups in total. The molecule has 8 nitrogen and oxygen atoms in total. The zero-order valence-corrected chi connectivity index (χ0v) is 14.9. The Morgan fingerprint density at radius 3 is 3.08 bits per heavy atom. The highest BCUT2D eigenvalue weighted by atomic mass is 32.1. The SMILES string of the molecule is CCc1noc(-c2cn(C3CCN(C(=O)c4sccc4C)C3)nn2)n1. The third-order valence-electron chi connectivity index (χ3n) is 4.39. The van der Waals surface area contributed by atoms with Crippen LogP contribution < -0.4 is 0 Å². The van der Waals surface area contributed by atoms with E-state index in [1.54, 1.807) is 4.68 Å². The molecule has 25 heavy (non-hydrogen) atoms. The number of aromatic nitrogens is 5. The molecule has 9 heteroatoms. The van der Waals surface area contributed by atoms with Crippen LogP contribution in [0.4, 0.5) is 0 Å². The summed E-state index contributed by atoms with van der Waals surface area (Å²) < 4.78 is 6.99. The van der Waals surface area contributed by atoms with Crippen molar-refractivity contribution in [1.82, 2.24) is 30.0 Å². The van der Waals surface area contributed by atoms with E-state index in [-0.39, 0.29) is 11.9 Å². The quantitative estimate of drug-likeness (QED) is 0.711. The molecule has 1 atom stereocenters. The minimum Gasteiger partial charge on any atom is -0.336 e. The number of carbonyl (C=O) groups excluding carboxylic acids is 1. The predicted molar refractivity (Wildman–Crippen MR) is 91.3 cm³/mol. The van der Waals surface area contributed by atoms with Gasteiger partial charge in [0, 0.05) is 19.5 Å². The standard InChI is InChI=1S/C16H18N6O2S/c1-3-13-17-15(24-19-13)12-9-22(20-18-12)11-4-6-21(8-11)16(23)14-10(2)5-7-25-14/h5,7,9,11H,3-4,6,8H2,1-2H3. The van der Waals surface area contributed by atoms with Crippen molar-refractivity contribution in [3.8, 4) is 11.6 Å². The van der Waals surface area contributed by atoms with E-state index < -0.39 is 0 Å². The van der Waals surface area contributed by atoms with Crippen LogP contribution in [0.1, 0.15) is 40.4 Å². The number of hydrogen-bond acceptors (Lipinski definition) is 7. The van der Waals surface area contributed by atoms with Gasteiger partial charge in [-0.25, -0.2) is 4.68 Å². The molecule has 1 fully saturated rings. The van der Waals surface area contributed by atoms with Crippen LogP contribution in [0.3, 0.4) is 0 Å². The topological polar surface area (TPSA) is 89.9 Å². The van der Waals surface area contributed by atoms with Gasteiger partial charge in [0.1, 0.15) is 0 Å². The monoisotopic (exact) mass is 358 g/mol. The number of amides is 1. The summed E-state index contributed by atoms with van der Waals surface area (Å²) in [4.78, 5) is 19.6. The average molecular weight is 358 g/mol. The van der Waals surface area contributed by atoms with Gasteiger partial charge in [-0.15, -0.1) is 16.4 Å². The fourth-order valence-electron chi connectivity index (χ4n) is 2.93. The molecule has 3 aromatic rings. The van der Waals surface area contributed by atoms with Gasteiger partial charge in [-0.3, -0.25) is 4.79 Å². The molecule has 1 aliphatic heterocycles. The lowest BCUT2D eigenvalue weighted by molar-refractivity contribution is 0.0791. The van der Waals surface area contributed by atoms with Crippen LogP contribution in [0.5, 0.6) is 0 Å². The molecule has 1 unspecified atom stereocenters. The fourth-order valence-corrected chi connectivity index (χ4v) is 3.82. The molecule has 0 saturated carbocycles. The molecular formula is C16H18N6O2S. The smallest absolute Gasteiger partial charge is 0.280 e. The molecule has 0 aliphatic carbocycles. The highest BCUT2D eigenvalue weighted by molar-refractivity contribution is 7.12. The fraction of sp³-hybridized carbons (Fsp3) is 0.438. The van der Waals surface area contributed by atoms with Gasteiger partial charge in [0.25, 0.3) is 11.8 Å². The number of carbonyl (C=O) groups is 1. The highest BCUT2D eigenvalue weighted by Crippen LogP contribution is 2.26. The van der Waals surface area contributed by atoms with E-state index in [0.29, 0.717) is 30.4 Å². The number of thiophene rings is 1. The Bertz CT molecular complexity index is 898. The van der Waals surface area contributed by atoms with Gasteiger partial charge in [-0.2, -0.15) is 4.98 Å². The summed E-state index contributed by atoms with van der Waals surface area (Å²) in [7, 11) is 0. The first-order valence-corrected chi connectivity index (χ1v) is 9.12. The Balaban J connectivity index is 1.47. The van der Waals surface area contributed by atoms with E-state index in [2.05, 4.69) is 20.5 Å². The third-order valence-corrected chi connectivity index (χ3v) is 5.40. The van der Waals surface area contributed by atoms with Gasteiger partial charge >= 0.3 is 0 Å². The van der Waals surface area contributed by atoms with E-state index in [0.717, 1.165) is 23.4 Å². The second-order valence-corrected chi connectivity index (χ2v) is 7.00. The van der Waals surface area contributed by atoms with E-state index in [1.165, 1.54) is 11.3 Å². The summed E-state index contributed by atoms with van der Waals surface area (Å²) in [5, 5.41) is 14.1. The van der Waals surface area contributed by atoms with E-state index in [4.69, 9.17) is 4.52 Å². The van der Waals surface area contributed by atoms with Crippen LogP contribution in [-0.2, 0) is 6.42 Å². The van der Waals surface area contributed by atoms with Crippen LogP contribution in [0, 0.1) is 6.92 Å². The lowest BCUT2D eigenvalue weighted by Gasteiger charge is -2.16. The van der Waals surface area contributed by atoms with E-state index in [9.17, 15) is 4.79 Å². The van der Waals surface area contributed by atoms with Crippen molar-refractivity contribution in [3.63, 3.8) is 0 Å². The maximum Gasteiger partial charge on any atom is 0.280 e. The van der Waals surface area contributed by atoms with Gasteiger partial charge < -0.3 is 9.42 Å². The minimum absolute atomic E-state index is 0.0971. The summed E-state index contributed by atoms with van der Waals surface area (Å²) in [5.41, 5.74) is 1.59. The van der Waals surface area contributed by atoms with Gasteiger partial charge in [0.2, 0.25) is 0 Å². The molecular weight excluding hydrogens is 340 g/mol. The average Bonchev–Trinajstić information content (AvgIpc) is 3.37. The Kier molecular flexibility index (Phi) is 4.08. The lowest BCUT2D eigenvalue weighted by atomic mass is 10.2. The van der Waals surface area contributed by atoms with E-state index >= 15 is 0 Å². The molecule has 130 valence electrons. The van der Waals surface area contributed by atoms with Crippen molar-refractivity contribution < 1.29 is 9.32 Å². The number of nitrogens with zero attached hydrogens (tertiary/aromatic N) is 6. The zero-order valence-electron chi connectivity index (χ0n) is 14.0. The van der Waals surface area contributed by atoms with Crippen LogP contribution >= 0.6 is 11.3 Å². The summed E-state index contributed by atoms with van der Waals surface area (Å²) in [6.07, 6.45) is 3.37. The molecule has 0 radical (unpaired) electrons. The van der Waals surface area contributed by atoms with Crippen molar-refractivity contribution in [2.24, 2.45) is 0 Å². The lowest BCUT2D eigenvalue weighted by Crippen LogP contribution is -2.29. The predicted octanol–water partition coefficient (Wildman–Crippen LogP) is 2.35. The molecule has 1 amide bonds. The number of hydrogen-bond donors (Lipinski definition) is 0. The summed E-state index contributed by atoms with van der Waals surface area (Å²) >= 11 is 1.49. The van der Waals surface area contributed by atoms with Crippen molar-refractivity contribution in [1.29, 1.82) is 0 Å². The maximum atomic E-state index is 12.6. The van der Waals surface area contributed by atoms with Gasteiger partial charge in [-0.05, 0) is 30.4 Å². The Labute approximate surface area is 148 Å². The van der Waals surface area contributed by atoms with Crippen molar-refractivity contribution in [3.05, 3.63) is 33.9 Å². The Morgan fingerprint density at radius 2 is 2.36 bits per heavy atom. The Hall–Kier alpha value is -2.55. The van der Waals surface area contributed by atoms with Gasteiger partial charge in [0.05, 0.1) is 17.1 Å². The van der Waals surface area contributed by atoms with Crippen LogP contribution in [0.15, 0.2) is 22.2 Å². The summed E-state index contributed by atoms with van der Waals surface area (Å²) in [6, 6.07) is 2.09. The van der Waals surface area contributed by atoms with Crippen molar-refractivity contribution in [2.45, 2.75) is 32.7 Å². The van der Waals surface area contributed by atoms with Crippen LogP contribution in [-0.4, -0.2) is 49.0 Å². The first-order chi connectivity index (χ1) is 12.2. The largest absolute Gasteiger partial charge is 0.336 e. The molecule has 0 aromatic carbocycles. The number of rotatable bonds is 4. The number of aryl methyl sites for hydroxylation is 2. The van der Waals surface area contributed by atoms with Gasteiger partial charge in [0.15, 0.2) is 11.5 Å². The third kappa shape index (κ3) is 2.95. The second-order valence-electron chi connectivity index (χ2n) is 6.08. The summed E-state index contributed by atoms with van der Waals surface area (Å²) in [5.74, 6) is 1.12. The first-order valence-electron chi connectivity index (χ1n) is 8.24.